The van der Waals surface area contributed by atoms with Crippen LogP contribution in [0.3, 0.4) is 0 Å². The van der Waals surface area contributed by atoms with Crippen LogP contribution in [0.5, 0.6) is 0 Å². The van der Waals surface area contributed by atoms with Crippen molar-refractivity contribution in [2.75, 3.05) is 0 Å². The molecule has 3 rings (SSSR count). The summed E-state index contributed by atoms with van der Waals surface area (Å²) >= 11 is 12.8. The van der Waals surface area contributed by atoms with Gasteiger partial charge in [0.1, 0.15) is 0 Å². The van der Waals surface area contributed by atoms with Crippen LogP contribution >= 0.6 is 23.2 Å². The van der Waals surface area contributed by atoms with Crippen LogP contribution in [-0.4, -0.2) is 24.5 Å². The molecule has 1 unspecified atom stereocenters. The molecule has 2 nitrogen and oxygen atoms in total. The zero-order valence-electron chi connectivity index (χ0n) is 12.6. The Bertz CT molecular complexity index is 770. The molecule has 0 saturated heterocycles. The molecule has 0 bridgehead atoms. The molecule has 118 valence electrons. The van der Waals surface area contributed by atoms with Gasteiger partial charge in [-0.2, -0.15) is 0 Å². The first-order chi connectivity index (χ1) is 11.1. The van der Waals surface area contributed by atoms with Crippen molar-refractivity contribution < 1.29 is 0 Å². The SMILES string of the molecule is Cc1ccc([Se]C(Cn2ccnc2)c2ccc(Cl)cc2Cl)cc1. The number of benzene rings is 2. The number of imidazole rings is 1. The summed E-state index contributed by atoms with van der Waals surface area (Å²) < 4.78 is 3.46. The van der Waals surface area contributed by atoms with E-state index in [2.05, 4.69) is 40.7 Å². The molecule has 1 heterocycles. The number of rotatable bonds is 5. The van der Waals surface area contributed by atoms with E-state index >= 15 is 0 Å². The summed E-state index contributed by atoms with van der Waals surface area (Å²) in [6.45, 7) is 2.96. The minimum atomic E-state index is 0.259. The summed E-state index contributed by atoms with van der Waals surface area (Å²) in [6, 6.07) is 14.5. The van der Waals surface area contributed by atoms with E-state index in [9.17, 15) is 0 Å². The third-order valence-corrected chi connectivity index (χ3v) is 6.69. The van der Waals surface area contributed by atoms with E-state index in [0.717, 1.165) is 17.1 Å². The minimum absolute atomic E-state index is 0.259. The zero-order chi connectivity index (χ0) is 16.2. The van der Waals surface area contributed by atoms with E-state index in [4.69, 9.17) is 23.2 Å². The summed E-state index contributed by atoms with van der Waals surface area (Å²) in [5, 5.41) is 1.40. The predicted octanol–water partition coefficient (Wildman–Crippen LogP) is 4.27. The Kier molecular flexibility index (Phi) is 5.45. The van der Waals surface area contributed by atoms with Crippen molar-refractivity contribution in [1.29, 1.82) is 0 Å². The van der Waals surface area contributed by atoms with Gasteiger partial charge in [-0.25, -0.2) is 0 Å². The Hall–Kier alpha value is -1.25. The van der Waals surface area contributed by atoms with E-state index < -0.39 is 0 Å². The number of nitrogens with zero attached hydrogens (tertiary/aromatic N) is 2. The fourth-order valence-electron chi connectivity index (χ4n) is 2.33. The molecule has 0 spiro atoms. The van der Waals surface area contributed by atoms with Gasteiger partial charge in [0, 0.05) is 0 Å². The first kappa shape index (κ1) is 16.6. The van der Waals surface area contributed by atoms with E-state index in [1.807, 2.05) is 30.7 Å². The molecule has 0 aliphatic rings. The first-order valence-electron chi connectivity index (χ1n) is 7.26. The summed E-state index contributed by atoms with van der Waals surface area (Å²) in [5.41, 5.74) is 2.42. The van der Waals surface area contributed by atoms with Crippen LogP contribution < -0.4 is 4.46 Å². The third kappa shape index (κ3) is 4.39. The molecule has 1 aromatic heterocycles. The molecular formula is C18H16Cl2N2Se. The fraction of sp³-hybridized carbons (Fsp3) is 0.167. The van der Waals surface area contributed by atoms with Crippen molar-refractivity contribution >= 4 is 42.6 Å². The molecule has 0 fully saturated rings. The normalized spacial score (nSPS) is 12.3. The maximum atomic E-state index is 6.46. The van der Waals surface area contributed by atoms with Crippen molar-refractivity contribution in [3.05, 3.63) is 82.4 Å². The van der Waals surface area contributed by atoms with Gasteiger partial charge < -0.3 is 0 Å². The van der Waals surface area contributed by atoms with Gasteiger partial charge in [0.05, 0.1) is 0 Å². The molecule has 1 atom stereocenters. The molecule has 0 N–H and O–H groups in total. The molecule has 0 saturated carbocycles. The summed E-state index contributed by atoms with van der Waals surface area (Å²) in [6.07, 6.45) is 5.64. The van der Waals surface area contributed by atoms with Crippen molar-refractivity contribution in [2.45, 2.75) is 18.3 Å². The Balaban J connectivity index is 1.90. The molecule has 5 heteroatoms. The van der Waals surface area contributed by atoms with Crippen molar-refractivity contribution in [3.8, 4) is 0 Å². The Morgan fingerprint density at radius 3 is 2.57 bits per heavy atom. The third-order valence-electron chi connectivity index (χ3n) is 3.54. The molecule has 3 aromatic rings. The van der Waals surface area contributed by atoms with Crippen molar-refractivity contribution in [1.82, 2.24) is 9.55 Å². The fourth-order valence-corrected chi connectivity index (χ4v) is 5.54. The second-order valence-corrected chi connectivity index (χ2v) is 8.87. The number of hydrogen-bond acceptors (Lipinski definition) is 1. The number of aromatic nitrogens is 2. The van der Waals surface area contributed by atoms with Crippen LogP contribution in [0, 0.1) is 6.92 Å². The monoisotopic (exact) mass is 410 g/mol. The van der Waals surface area contributed by atoms with Gasteiger partial charge in [0.25, 0.3) is 0 Å². The van der Waals surface area contributed by atoms with Crippen LogP contribution in [0.4, 0.5) is 0 Å². The summed E-state index contributed by atoms with van der Waals surface area (Å²) in [5.74, 6) is 0. The molecular weight excluding hydrogens is 394 g/mol. The van der Waals surface area contributed by atoms with Crippen LogP contribution in [0.2, 0.25) is 10.0 Å². The van der Waals surface area contributed by atoms with Gasteiger partial charge in [-0.3, -0.25) is 0 Å². The molecule has 0 aliphatic carbocycles. The van der Waals surface area contributed by atoms with Gasteiger partial charge in [-0.15, -0.1) is 0 Å². The van der Waals surface area contributed by atoms with Gasteiger partial charge in [0.2, 0.25) is 0 Å². The van der Waals surface area contributed by atoms with Crippen LogP contribution in [0.25, 0.3) is 0 Å². The zero-order valence-corrected chi connectivity index (χ0v) is 15.8. The standard InChI is InChI=1S/C18H16Cl2N2Se/c1-13-2-5-15(6-3-13)23-18(11-22-9-8-21-12-22)16-7-4-14(19)10-17(16)20/h2-10,12,18H,11H2,1H3. The topological polar surface area (TPSA) is 17.8 Å². The van der Waals surface area contributed by atoms with Crippen LogP contribution in [-0.2, 0) is 6.54 Å². The molecule has 0 radical (unpaired) electrons. The van der Waals surface area contributed by atoms with Gasteiger partial charge in [-0.1, -0.05) is 0 Å². The van der Waals surface area contributed by atoms with E-state index in [1.165, 1.54) is 10.0 Å². The molecule has 0 amide bonds. The number of aryl methyl sites for hydroxylation is 1. The number of halogens is 2. The Labute approximate surface area is 152 Å². The van der Waals surface area contributed by atoms with E-state index in [0.29, 0.717) is 9.84 Å². The Morgan fingerprint density at radius 2 is 1.91 bits per heavy atom. The van der Waals surface area contributed by atoms with Gasteiger partial charge in [0.15, 0.2) is 0 Å². The average molecular weight is 410 g/mol. The van der Waals surface area contributed by atoms with E-state index in [-0.39, 0.29) is 15.0 Å². The first-order valence-corrected chi connectivity index (χ1v) is 9.86. The summed E-state index contributed by atoms with van der Waals surface area (Å²) in [4.78, 5) is 4.46. The predicted molar refractivity (Wildman–Crippen MR) is 98.0 cm³/mol. The summed E-state index contributed by atoms with van der Waals surface area (Å²) in [7, 11) is 0. The number of hydrogen-bond donors (Lipinski definition) is 0. The van der Waals surface area contributed by atoms with Crippen molar-refractivity contribution in [3.63, 3.8) is 0 Å². The van der Waals surface area contributed by atoms with Crippen LogP contribution in [0.15, 0.2) is 61.2 Å². The van der Waals surface area contributed by atoms with Crippen LogP contribution in [0.1, 0.15) is 15.9 Å². The quantitative estimate of drug-likeness (QED) is 0.575. The molecule has 2 aromatic carbocycles. The maximum absolute atomic E-state index is 6.46. The molecule has 23 heavy (non-hydrogen) atoms. The van der Waals surface area contributed by atoms with Gasteiger partial charge in [-0.05, 0) is 0 Å². The molecule has 0 aliphatic heterocycles. The average Bonchev–Trinajstić information content (AvgIpc) is 3.02. The second-order valence-electron chi connectivity index (χ2n) is 5.34. The van der Waals surface area contributed by atoms with Crippen molar-refractivity contribution in [2.24, 2.45) is 0 Å². The van der Waals surface area contributed by atoms with Gasteiger partial charge >= 0.3 is 153 Å². The second kappa shape index (κ2) is 7.55. The van der Waals surface area contributed by atoms with E-state index in [1.54, 1.807) is 6.20 Å². The Morgan fingerprint density at radius 1 is 1.13 bits per heavy atom.